The number of rotatable bonds is 11. The van der Waals surface area contributed by atoms with Gasteiger partial charge in [0.2, 0.25) is 5.91 Å². The van der Waals surface area contributed by atoms with Gasteiger partial charge in [-0.1, -0.05) is 85.0 Å². The quantitative estimate of drug-likeness (QED) is 0.245. The number of carbonyl (C=O) groups excluding carboxylic acids is 2. The van der Waals surface area contributed by atoms with Gasteiger partial charge in [-0.2, -0.15) is 0 Å². The van der Waals surface area contributed by atoms with Gasteiger partial charge in [0, 0.05) is 34.6 Å². The number of ether oxygens (including phenoxy) is 1. The molecule has 1 atom stereocenters. The first-order valence-electron chi connectivity index (χ1n) is 11.8. The summed E-state index contributed by atoms with van der Waals surface area (Å²) in [5, 5.41) is 4.42. The number of nitrogens with one attached hydrogen (secondary N) is 1. The minimum Gasteiger partial charge on any atom is -0.483 e. The second-order valence-corrected chi connectivity index (χ2v) is 11.1. The Kier molecular flexibility index (Phi) is 11.1. The van der Waals surface area contributed by atoms with Gasteiger partial charge in [0.15, 0.2) is 6.61 Å². The van der Waals surface area contributed by atoms with Gasteiger partial charge < -0.3 is 15.0 Å². The highest BCUT2D eigenvalue weighted by Gasteiger charge is 2.31. The van der Waals surface area contributed by atoms with Gasteiger partial charge in [0.05, 0.1) is 4.47 Å². The number of nitrogens with zero attached hydrogens (tertiary/aromatic N) is 1. The summed E-state index contributed by atoms with van der Waals surface area (Å²) in [4.78, 5) is 28.6. The van der Waals surface area contributed by atoms with Gasteiger partial charge in [0.25, 0.3) is 5.91 Å². The third kappa shape index (κ3) is 8.92. The van der Waals surface area contributed by atoms with Crippen molar-refractivity contribution in [2.45, 2.75) is 32.9 Å². The molecule has 0 spiro atoms. The summed E-state index contributed by atoms with van der Waals surface area (Å²) in [5.41, 5.74) is 1.59. The lowest BCUT2D eigenvalue weighted by molar-refractivity contribution is -0.142. The van der Waals surface area contributed by atoms with E-state index >= 15 is 0 Å². The van der Waals surface area contributed by atoms with Gasteiger partial charge >= 0.3 is 0 Å². The number of hydrogen-bond donors (Lipinski definition) is 1. The number of halogens is 4. The number of carbonyl (C=O) groups is 2. The van der Waals surface area contributed by atoms with E-state index in [1.165, 1.54) is 4.90 Å². The zero-order valence-electron chi connectivity index (χ0n) is 20.5. The van der Waals surface area contributed by atoms with Crippen LogP contribution in [-0.4, -0.2) is 35.9 Å². The highest BCUT2D eigenvalue weighted by molar-refractivity contribution is 9.10. The van der Waals surface area contributed by atoms with E-state index in [9.17, 15) is 9.59 Å². The van der Waals surface area contributed by atoms with E-state index in [1.807, 2.05) is 44.2 Å². The Morgan fingerprint density at radius 2 is 1.65 bits per heavy atom. The second-order valence-electron chi connectivity index (χ2n) is 8.97. The Labute approximate surface area is 241 Å². The van der Waals surface area contributed by atoms with Gasteiger partial charge in [-0.15, -0.1) is 0 Å². The second kappa shape index (κ2) is 14.1. The zero-order chi connectivity index (χ0) is 26.9. The van der Waals surface area contributed by atoms with Crippen LogP contribution < -0.4 is 10.1 Å². The summed E-state index contributed by atoms with van der Waals surface area (Å²) in [5.74, 6) is 0.102. The predicted molar refractivity (Wildman–Crippen MR) is 153 cm³/mol. The monoisotopic (exact) mass is 624 g/mol. The summed E-state index contributed by atoms with van der Waals surface area (Å²) < 4.78 is 6.44. The topological polar surface area (TPSA) is 58.6 Å². The van der Waals surface area contributed by atoms with E-state index in [-0.39, 0.29) is 30.9 Å². The van der Waals surface area contributed by atoms with Crippen molar-refractivity contribution in [1.29, 1.82) is 0 Å². The Bertz CT molecular complexity index is 1220. The molecule has 37 heavy (non-hydrogen) atoms. The van der Waals surface area contributed by atoms with E-state index in [0.29, 0.717) is 43.8 Å². The summed E-state index contributed by atoms with van der Waals surface area (Å²) in [6.45, 7) is 4.34. The molecule has 1 N–H and O–H groups in total. The van der Waals surface area contributed by atoms with Crippen LogP contribution in [0.1, 0.15) is 25.0 Å². The normalized spacial score (nSPS) is 11.8. The van der Waals surface area contributed by atoms with Crippen LogP contribution in [0.5, 0.6) is 5.75 Å². The van der Waals surface area contributed by atoms with Crippen LogP contribution in [-0.2, 0) is 22.6 Å². The lowest BCUT2D eigenvalue weighted by atomic mass is 10.0. The molecule has 9 heteroatoms. The van der Waals surface area contributed by atoms with Gasteiger partial charge in [0.1, 0.15) is 11.8 Å². The van der Waals surface area contributed by atoms with Crippen LogP contribution in [0.25, 0.3) is 0 Å². The van der Waals surface area contributed by atoms with Crippen LogP contribution >= 0.6 is 50.7 Å². The van der Waals surface area contributed by atoms with Crippen LogP contribution in [0.2, 0.25) is 15.1 Å². The maximum absolute atomic E-state index is 13.7. The molecule has 196 valence electrons. The molecule has 0 aliphatic carbocycles. The fourth-order valence-corrected chi connectivity index (χ4v) is 4.89. The zero-order valence-corrected chi connectivity index (χ0v) is 24.4. The first kappa shape index (κ1) is 29.3. The average Bonchev–Trinajstić information content (AvgIpc) is 2.85. The summed E-state index contributed by atoms with van der Waals surface area (Å²) in [6.07, 6.45) is 0.326. The predicted octanol–water partition coefficient (Wildman–Crippen LogP) is 7.20. The molecule has 0 radical (unpaired) electrons. The van der Waals surface area contributed by atoms with E-state index < -0.39 is 6.04 Å². The smallest absolute Gasteiger partial charge is 0.261 e. The summed E-state index contributed by atoms with van der Waals surface area (Å²) in [6, 6.07) is 18.9. The van der Waals surface area contributed by atoms with Crippen molar-refractivity contribution in [1.82, 2.24) is 10.2 Å². The molecule has 3 aromatic carbocycles. The van der Waals surface area contributed by atoms with Crippen LogP contribution in [0.3, 0.4) is 0 Å². The van der Waals surface area contributed by atoms with Gasteiger partial charge in [-0.05, 0) is 63.3 Å². The van der Waals surface area contributed by atoms with Crippen molar-refractivity contribution in [2.75, 3.05) is 13.2 Å². The molecule has 5 nitrogen and oxygen atoms in total. The maximum atomic E-state index is 13.7. The van der Waals surface area contributed by atoms with Crippen molar-refractivity contribution in [3.8, 4) is 5.75 Å². The first-order valence-corrected chi connectivity index (χ1v) is 13.7. The van der Waals surface area contributed by atoms with Crippen molar-refractivity contribution in [3.05, 3.63) is 97.4 Å². The Balaban J connectivity index is 1.94. The molecule has 2 amide bonds. The third-order valence-corrected chi connectivity index (χ3v) is 7.00. The minimum absolute atomic E-state index is 0.104. The molecule has 0 aromatic heterocycles. The lowest BCUT2D eigenvalue weighted by Crippen LogP contribution is -2.52. The Morgan fingerprint density at radius 3 is 2.30 bits per heavy atom. The summed E-state index contributed by atoms with van der Waals surface area (Å²) in [7, 11) is 0. The largest absolute Gasteiger partial charge is 0.483 e. The van der Waals surface area contributed by atoms with Crippen molar-refractivity contribution >= 4 is 62.5 Å². The van der Waals surface area contributed by atoms with Crippen molar-refractivity contribution in [2.24, 2.45) is 5.92 Å². The summed E-state index contributed by atoms with van der Waals surface area (Å²) >= 11 is 22.0. The SMILES string of the molecule is CC(C)CNC(=O)[C@@H](Cc1ccccc1)N(Cc1ccc(Cl)cc1Cl)C(=O)COc1ccc(Cl)cc1Br. The highest BCUT2D eigenvalue weighted by Crippen LogP contribution is 2.28. The van der Waals surface area contributed by atoms with E-state index in [0.717, 1.165) is 5.56 Å². The molecular formula is C28H28BrCl3N2O3. The minimum atomic E-state index is -0.794. The Morgan fingerprint density at radius 1 is 0.973 bits per heavy atom. The molecule has 0 aliphatic rings. The third-order valence-electron chi connectivity index (χ3n) is 5.56. The van der Waals surface area contributed by atoms with Crippen molar-refractivity contribution < 1.29 is 14.3 Å². The average molecular weight is 627 g/mol. The standard InChI is InChI=1S/C28H28BrCl3N2O3/c1-18(2)15-33-28(36)25(12-19-6-4-3-5-7-19)34(16-20-8-9-22(31)14-24(20)32)27(35)17-37-26-11-10-21(30)13-23(26)29/h3-11,13-14,18,25H,12,15-17H2,1-2H3,(H,33,36)/t25-/m1/s1. The Hall–Kier alpha value is -2.25. The first-order chi connectivity index (χ1) is 17.6. The van der Waals surface area contributed by atoms with Crippen LogP contribution in [0.4, 0.5) is 0 Å². The molecule has 0 unspecified atom stereocenters. The van der Waals surface area contributed by atoms with Crippen LogP contribution in [0.15, 0.2) is 71.2 Å². The van der Waals surface area contributed by atoms with E-state index in [1.54, 1.807) is 36.4 Å². The fourth-order valence-electron chi connectivity index (χ4n) is 3.62. The molecular weight excluding hydrogens is 599 g/mol. The molecule has 0 aliphatic heterocycles. The molecule has 3 aromatic rings. The molecule has 0 bridgehead atoms. The van der Waals surface area contributed by atoms with E-state index in [4.69, 9.17) is 39.5 Å². The molecule has 3 rings (SSSR count). The van der Waals surface area contributed by atoms with Crippen molar-refractivity contribution in [3.63, 3.8) is 0 Å². The molecule has 0 heterocycles. The molecule has 0 saturated carbocycles. The number of benzene rings is 3. The van der Waals surface area contributed by atoms with Gasteiger partial charge in [-0.25, -0.2) is 0 Å². The molecule has 0 saturated heterocycles. The van der Waals surface area contributed by atoms with E-state index in [2.05, 4.69) is 21.2 Å². The highest BCUT2D eigenvalue weighted by atomic mass is 79.9. The van der Waals surface area contributed by atoms with Gasteiger partial charge in [-0.3, -0.25) is 9.59 Å². The van der Waals surface area contributed by atoms with Crippen LogP contribution in [0, 0.1) is 5.92 Å². The maximum Gasteiger partial charge on any atom is 0.261 e. The fraction of sp³-hybridized carbons (Fsp3) is 0.286. The molecule has 0 fully saturated rings. The number of amides is 2. The number of hydrogen-bond acceptors (Lipinski definition) is 3. The lowest BCUT2D eigenvalue weighted by Gasteiger charge is -2.32.